The molecule has 13 heteroatoms. The van der Waals surface area contributed by atoms with Crippen LogP contribution in [0, 0.1) is 0 Å². The molecule has 1 aliphatic rings. The molecule has 1 saturated heterocycles. The lowest BCUT2D eigenvalue weighted by atomic mass is 9.80. The van der Waals surface area contributed by atoms with Gasteiger partial charge < -0.3 is 33.8 Å². The maximum absolute atomic E-state index is 13.1. The van der Waals surface area contributed by atoms with E-state index in [4.69, 9.17) is 23.4 Å². The molecule has 0 unspecified atom stereocenters. The van der Waals surface area contributed by atoms with Crippen molar-refractivity contribution in [2.24, 2.45) is 0 Å². The topological polar surface area (TPSA) is 139 Å². The smallest absolute Gasteiger partial charge is 0.256 e. The average molecular weight is 788 g/mol. The van der Waals surface area contributed by atoms with Crippen LogP contribution in [-0.4, -0.2) is 78.0 Å². The summed E-state index contributed by atoms with van der Waals surface area (Å²) >= 11 is 0. The number of hydrogen-bond donors (Lipinski definition) is 2. The first kappa shape index (κ1) is 39.8. The van der Waals surface area contributed by atoms with Gasteiger partial charge in [-0.1, -0.05) is 93.6 Å². The molecule has 12 nitrogen and oxygen atoms in total. The zero-order valence-corrected chi connectivity index (χ0v) is 34.2. The number of benzene rings is 4. The minimum Gasteiger partial charge on any atom is -0.497 e. The molecular weight excluding hydrogens is 739 g/mol. The molecule has 0 radical (unpaired) electrons. The Morgan fingerprint density at radius 2 is 1.37 bits per heavy atom. The van der Waals surface area contributed by atoms with Gasteiger partial charge in [-0.2, -0.15) is 0 Å². The predicted octanol–water partition coefficient (Wildman–Crippen LogP) is 7.75. The number of carbonyl (C=O) groups excluding carboxylic acids is 1. The van der Waals surface area contributed by atoms with E-state index in [9.17, 15) is 9.90 Å². The normalized spacial score (nSPS) is 18.7. The SMILES string of the molecule is COc1ccc(C(OC[C@H]2O[C@@H](n3cnc4c(NC(=O)c5ccccc5)ncnc43)[C@@H](O)[C@@H]2O[Si](C)(C)C(C)(C)C)(c2ccccc2)c2ccc(OC)cc2)cc1. The summed E-state index contributed by atoms with van der Waals surface area (Å²) in [5, 5.41) is 15.0. The zero-order chi connectivity index (χ0) is 40.4. The van der Waals surface area contributed by atoms with Crippen molar-refractivity contribution in [1.29, 1.82) is 0 Å². The van der Waals surface area contributed by atoms with Gasteiger partial charge in [-0.3, -0.25) is 9.36 Å². The molecule has 6 aromatic rings. The van der Waals surface area contributed by atoms with Crippen molar-refractivity contribution < 1.29 is 33.3 Å². The van der Waals surface area contributed by atoms with Gasteiger partial charge in [0.05, 0.1) is 27.2 Å². The number of amides is 1. The standard InChI is InChI=1S/C44H49N5O7Si/c1-43(2,3)57(6,7)56-38-35(55-42(37(38)50)49-28-47-36-39(45-27-46-40(36)49)48-41(51)29-14-10-8-11-15-29)26-54-44(30-16-12-9-13-17-30,31-18-22-33(52-4)23-19-31)32-20-24-34(53-5)25-21-32/h8-25,27-28,35,37-38,42,50H,26H2,1-7H3,(H,45,46,48,51)/t35-,37+,38-,42-/m1/s1. The summed E-state index contributed by atoms with van der Waals surface area (Å²) in [5.74, 6) is 1.32. The molecule has 4 atom stereocenters. The highest BCUT2D eigenvalue weighted by atomic mass is 28.4. The van der Waals surface area contributed by atoms with Crippen LogP contribution in [0.25, 0.3) is 11.2 Å². The molecule has 0 spiro atoms. The Bertz CT molecular complexity index is 2230. The van der Waals surface area contributed by atoms with Crippen molar-refractivity contribution in [1.82, 2.24) is 19.5 Å². The van der Waals surface area contributed by atoms with Crippen LogP contribution in [0.3, 0.4) is 0 Å². The fraction of sp³-hybridized carbons (Fsp3) is 0.318. The van der Waals surface area contributed by atoms with E-state index in [1.54, 1.807) is 49.4 Å². The molecule has 1 amide bonds. The van der Waals surface area contributed by atoms with E-state index >= 15 is 0 Å². The summed E-state index contributed by atoms with van der Waals surface area (Å²) in [7, 11) is 0.784. The average Bonchev–Trinajstić information content (AvgIpc) is 3.79. The molecule has 1 aliphatic heterocycles. The molecular formula is C44H49N5O7Si. The summed E-state index contributed by atoms with van der Waals surface area (Å²) < 4.78 is 33.9. The van der Waals surface area contributed by atoms with Gasteiger partial charge in [-0.15, -0.1) is 0 Å². The van der Waals surface area contributed by atoms with Crippen LogP contribution < -0.4 is 14.8 Å². The van der Waals surface area contributed by atoms with E-state index in [-0.39, 0.29) is 23.4 Å². The third-order valence-electron chi connectivity index (χ3n) is 11.1. The van der Waals surface area contributed by atoms with Crippen molar-refractivity contribution >= 4 is 31.2 Å². The lowest BCUT2D eigenvalue weighted by molar-refractivity contribution is -0.0930. The highest BCUT2D eigenvalue weighted by Gasteiger charge is 2.52. The van der Waals surface area contributed by atoms with Crippen molar-refractivity contribution in [3.63, 3.8) is 0 Å². The van der Waals surface area contributed by atoms with E-state index in [1.165, 1.54) is 6.33 Å². The molecule has 296 valence electrons. The highest BCUT2D eigenvalue weighted by molar-refractivity contribution is 6.74. The highest BCUT2D eigenvalue weighted by Crippen LogP contribution is 2.45. The van der Waals surface area contributed by atoms with Gasteiger partial charge >= 0.3 is 0 Å². The number of nitrogens with zero attached hydrogens (tertiary/aromatic N) is 4. The van der Waals surface area contributed by atoms with E-state index < -0.39 is 38.5 Å². The first-order valence-corrected chi connectivity index (χ1v) is 21.8. The van der Waals surface area contributed by atoms with Gasteiger partial charge in [0.15, 0.2) is 31.5 Å². The minimum atomic E-state index is -2.49. The minimum absolute atomic E-state index is 0.0276. The number of fused-ring (bicyclic) bond motifs is 1. The number of hydrogen-bond acceptors (Lipinski definition) is 10. The number of aliphatic hydroxyl groups excluding tert-OH is 1. The molecule has 2 N–H and O–H groups in total. The molecule has 4 aromatic carbocycles. The largest absolute Gasteiger partial charge is 0.497 e. The maximum Gasteiger partial charge on any atom is 0.256 e. The Morgan fingerprint density at radius 3 is 1.93 bits per heavy atom. The van der Waals surface area contributed by atoms with E-state index in [0.29, 0.717) is 28.2 Å². The fourth-order valence-electron chi connectivity index (χ4n) is 6.93. The molecule has 2 aromatic heterocycles. The Labute approximate surface area is 333 Å². The van der Waals surface area contributed by atoms with Crippen LogP contribution >= 0.6 is 0 Å². The molecule has 7 rings (SSSR count). The third-order valence-corrected chi connectivity index (χ3v) is 15.6. The number of ether oxygens (including phenoxy) is 4. The number of carbonyl (C=O) groups is 1. The van der Waals surface area contributed by atoms with Gasteiger partial charge in [-0.05, 0) is 71.2 Å². The second-order valence-electron chi connectivity index (χ2n) is 15.6. The van der Waals surface area contributed by atoms with E-state index in [2.05, 4.69) is 54.1 Å². The summed E-state index contributed by atoms with van der Waals surface area (Å²) in [5.41, 5.74) is 2.68. The molecule has 0 aliphatic carbocycles. The first-order chi connectivity index (χ1) is 27.4. The molecule has 0 saturated carbocycles. The van der Waals surface area contributed by atoms with Crippen molar-refractivity contribution in [2.75, 3.05) is 26.1 Å². The van der Waals surface area contributed by atoms with Crippen LogP contribution in [0.1, 0.15) is 54.0 Å². The number of anilines is 1. The van der Waals surface area contributed by atoms with Gasteiger partial charge in [0, 0.05) is 5.56 Å². The zero-order valence-electron chi connectivity index (χ0n) is 33.2. The number of methoxy groups -OCH3 is 2. The van der Waals surface area contributed by atoms with Crippen LogP contribution in [0.5, 0.6) is 11.5 Å². The van der Waals surface area contributed by atoms with Gasteiger partial charge in [0.25, 0.3) is 5.91 Å². The second kappa shape index (κ2) is 16.2. The van der Waals surface area contributed by atoms with Gasteiger partial charge in [-0.25, -0.2) is 15.0 Å². The van der Waals surface area contributed by atoms with Crippen molar-refractivity contribution in [3.8, 4) is 11.5 Å². The van der Waals surface area contributed by atoms with Crippen LogP contribution in [-0.2, 0) is 19.5 Å². The number of nitrogens with one attached hydrogen (secondary N) is 1. The van der Waals surface area contributed by atoms with Gasteiger partial charge in [0.2, 0.25) is 0 Å². The molecule has 0 bridgehead atoms. The lowest BCUT2D eigenvalue weighted by Gasteiger charge is -2.41. The predicted molar refractivity (Wildman–Crippen MR) is 220 cm³/mol. The Kier molecular flexibility index (Phi) is 11.3. The Morgan fingerprint density at radius 1 is 0.807 bits per heavy atom. The van der Waals surface area contributed by atoms with Crippen LogP contribution in [0.15, 0.2) is 122 Å². The molecule has 57 heavy (non-hydrogen) atoms. The summed E-state index contributed by atoms with van der Waals surface area (Å²) in [6.07, 6.45) is -0.733. The number of aliphatic hydroxyl groups is 1. The first-order valence-electron chi connectivity index (χ1n) is 18.9. The third kappa shape index (κ3) is 7.81. The fourth-order valence-corrected chi connectivity index (χ4v) is 8.25. The Balaban J connectivity index is 1.28. The Hall–Kier alpha value is -5.44. The summed E-state index contributed by atoms with van der Waals surface area (Å²) in [6.45, 7) is 10.8. The molecule has 1 fully saturated rings. The number of rotatable bonds is 13. The van der Waals surface area contributed by atoms with Crippen LogP contribution in [0.2, 0.25) is 18.1 Å². The van der Waals surface area contributed by atoms with E-state index in [0.717, 1.165) is 16.7 Å². The lowest BCUT2D eigenvalue weighted by Crippen LogP contribution is -2.50. The van der Waals surface area contributed by atoms with Crippen LogP contribution in [0.4, 0.5) is 5.82 Å². The summed E-state index contributed by atoms with van der Waals surface area (Å²) in [6, 6.07) is 34.5. The quantitative estimate of drug-likeness (QED) is 0.0883. The monoisotopic (exact) mass is 787 g/mol. The second-order valence-corrected chi connectivity index (χ2v) is 20.3. The maximum atomic E-state index is 13.1. The number of aromatic nitrogens is 4. The van der Waals surface area contributed by atoms with Crippen molar-refractivity contribution in [2.45, 2.75) is 69.0 Å². The van der Waals surface area contributed by atoms with Gasteiger partial charge in [0.1, 0.15) is 41.7 Å². The number of imidazole rings is 1. The summed E-state index contributed by atoms with van der Waals surface area (Å²) in [4.78, 5) is 26.5. The van der Waals surface area contributed by atoms with Crippen molar-refractivity contribution in [3.05, 3.63) is 144 Å². The molecule has 3 heterocycles. The van der Waals surface area contributed by atoms with E-state index in [1.807, 2.05) is 84.9 Å².